The number of hydrogen-bond acceptors (Lipinski definition) is 39. The van der Waals surface area contributed by atoms with Crippen LogP contribution in [-0.4, -0.2) is 431 Å². The molecule has 47 nitrogen and oxygen atoms in total. The number of nitrogens with one attached hydrogen (secondary N) is 4. The van der Waals surface area contributed by atoms with Gasteiger partial charge in [-0.05, 0) is 28.2 Å². The third-order valence-corrected chi connectivity index (χ3v) is 18.3. The van der Waals surface area contributed by atoms with E-state index < -0.39 is 312 Å². The third kappa shape index (κ3) is 22.8. The first-order valence-corrected chi connectivity index (χ1v) is 33.1. The van der Waals surface area contributed by atoms with Crippen LogP contribution in [0.5, 0.6) is 0 Å². The summed E-state index contributed by atoms with van der Waals surface area (Å²) in [6.07, 6.45) is -54.6. The molecular weight excluding hydrogens is 1490 g/mol. The maximum Gasteiger partial charge on any atom is 0.371 e. The van der Waals surface area contributed by atoms with Crippen molar-refractivity contribution in [3.8, 4) is 0 Å². The van der Waals surface area contributed by atoms with Crippen LogP contribution in [0.2, 0.25) is 0 Å². The molecule has 4 amide bonds. The summed E-state index contributed by atoms with van der Waals surface area (Å²) in [4.78, 5) is 94.1. The minimum atomic E-state index is -2.23. The van der Waals surface area contributed by atoms with E-state index in [4.69, 9.17) is 72.8 Å². The number of carboxylic acid groups (broad SMARTS) is 4. The zero-order valence-electron chi connectivity index (χ0n) is 59.8. The molecule has 626 valence electrons. The van der Waals surface area contributed by atoms with Gasteiger partial charge in [-0.25, -0.2) is 19.2 Å². The van der Waals surface area contributed by atoms with Crippen LogP contribution in [0.4, 0.5) is 0 Å². The molecule has 38 atom stereocenters. The van der Waals surface area contributed by atoms with Gasteiger partial charge in [-0.2, -0.15) is 0 Å². The zero-order valence-corrected chi connectivity index (χ0v) is 58.8. The molecule has 0 aromatic carbocycles. The van der Waals surface area contributed by atoms with Gasteiger partial charge in [-0.15, -0.1) is 0 Å². The van der Waals surface area contributed by atoms with Gasteiger partial charge in [0, 0.05) is 43.2 Å². The van der Waals surface area contributed by atoms with Crippen LogP contribution in [0, 0.1) is 0 Å². The largest absolute Gasteiger partial charge is 0.479 e. The molecule has 2 radical (unpaired) electrons. The second-order valence-corrected chi connectivity index (χ2v) is 26.0. The van der Waals surface area contributed by atoms with Crippen LogP contribution in [0.3, 0.4) is 0 Å². The van der Waals surface area contributed by atoms with E-state index in [1.807, 2.05) is 0 Å². The van der Waals surface area contributed by atoms with E-state index in [2.05, 4.69) is 29.6 Å². The number of hydrogen-bond donors (Lipinski definition) is 25. The predicted molar refractivity (Wildman–Crippen MR) is 347 cm³/mol. The second kappa shape index (κ2) is 41.8. The molecule has 25 N–H and O–H groups in total. The summed E-state index contributed by atoms with van der Waals surface area (Å²) in [7, 11) is 4.80. The fraction of sp³-hybridized carbons (Fsp3) is 0.836. The Morgan fingerprint density at radius 1 is 0.376 bits per heavy atom. The molecule has 8 aliphatic heterocycles. The SMILES string of the molecule is C.CC(=O)NC1[C@H](C)OC(CO)[C@@H](O)[C@@H]1O[C@@H]1OC(C(=O)O)=C[C@H](O)C1O.CC(=O)NC1[C@H](O[C@@H]2C(C(=O)O)O[C@@H](C)C(O)[C@H]2O)OC(CO)[C@@H](O)[C@@H]1O.CO[C@@H]1C(C(=O)O)O[C@@H](O[C@@H]2C(NC(C)=O)[C@H](O[C@@H]3C(C(=O)O)O[C@@H](O[C@@H]4C(NC(C)=O)[C@H](C)OC(CO)[C@H]4O)C(O)[C@H]3O)OC(CO)[C@H]2O)C(O)[C@H]1O.[3H][B]. The Morgan fingerprint density at radius 2 is 0.697 bits per heavy atom. The summed E-state index contributed by atoms with van der Waals surface area (Å²) < 4.78 is 81.4. The number of carbonyl (C=O) groups excluding carboxylic acids is 4. The Labute approximate surface area is 622 Å². The van der Waals surface area contributed by atoms with Crippen molar-refractivity contribution in [3.05, 3.63) is 11.8 Å². The average molecular weight is 1590 g/mol. The van der Waals surface area contributed by atoms with E-state index in [1.54, 1.807) is 6.92 Å². The number of rotatable bonds is 23. The molecule has 0 aliphatic carbocycles. The predicted octanol–water partition coefficient (Wildman–Crippen LogP) is -14.6. The maximum absolute atomic E-state index is 12.5. The third-order valence-electron chi connectivity index (χ3n) is 18.3. The van der Waals surface area contributed by atoms with Gasteiger partial charge in [-0.3, -0.25) is 19.2 Å². The van der Waals surface area contributed by atoms with E-state index in [9.17, 15) is 140 Å². The lowest BCUT2D eigenvalue weighted by atomic mass is 9.92. The highest BCUT2D eigenvalue weighted by Gasteiger charge is 2.59. The second-order valence-electron chi connectivity index (χ2n) is 26.0. The standard InChI is InChI=1S/C30H48N2O22.C15H25NO11.C15H23NO10.CH4.BH/c1-7-12(31-8(2)35)20(14(37)10(5-33)48-7)50-30-19(42)17(40)23(25(54-30)27(45)46)52-28-13(32-9(3)36)21(15(38)11(6-34)49-28)51-29-18(41)16(39)22(47-4)24(53-29)26(43)44;1-4-8(19)11(22)12(13(25-4)14(23)24)27-15-7(16-5(2)18)10(21)9(20)6(3-17)26-15;1-5-10(16-6(2)18)13(12(21)9(4-17)24-5)26-15-11(20)7(19)3-8(25-15)14(22)23;;/h7,10-25,28-30,33-34,37-42H,5-6H2,1-4H3,(H,31,35)(H,32,36)(H,43,44)(H,45,46);4,6-13,15,17,19-22H,3H2,1-2H3,(H,16,18)(H,23,24);3,5,7,9-13,15,17,19-21H,4H2,1-2H3,(H,16,18)(H,22,23);1H4;1H/t7-,10?,11?,12?,13?,14+,15+,16+,17+,18?,19?,20+,21+,22-,23-,24?,25?,28-,29+,30+;4-,6?,7?,8?,9+,10+,11+,12-,13?,15-;5-,7-,9?,10?,11?,12+,13+,15-;;/m000../s1/i;;;;1T. The highest BCUT2D eigenvalue weighted by atomic mass is 16.8. The van der Waals surface area contributed by atoms with Gasteiger partial charge < -0.3 is 195 Å². The Morgan fingerprint density at radius 3 is 1.08 bits per heavy atom. The van der Waals surface area contributed by atoms with Crippen LogP contribution in [0.1, 0.15) is 55.9 Å². The molecule has 8 heterocycles. The first-order chi connectivity index (χ1) is 51.1. The summed E-state index contributed by atoms with van der Waals surface area (Å²) >= 11 is 0. The quantitative estimate of drug-likeness (QED) is 0.0422. The Hall–Kier alpha value is -5.84. The number of carboxylic acids is 4. The molecule has 15 unspecified atom stereocenters. The van der Waals surface area contributed by atoms with Crippen LogP contribution < -0.4 is 21.3 Å². The Balaban J connectivity index is 0.000000381. The van der Waals surface area contributed by atoms with Crippen LogP contribution in [0.25, 0.3) is 0 Å². The Bertz CT molecular complexity index is 3020. The Kier molecular flexibility index (Phi) is 36.0. The maximum atomic E-state index is 12.5. The van der Waals surface area contributed by atoms with Crippen molar-refractivity contribution in [2.24, 2.45) is 0 Å². The minimum Gasteiger partial charge on any atom is -0.479 e. The number of amides is 4. The van der Waals surface area contributed by atoms with Gasteiger partial charge in [0.05, 0.1) is 56.8 Å². The highest BCUT2D eigenvalue weighted by molar-refractivity contribution is 5.84. The van der Waals surface area contributed by atoms with Crippen molar-refractivity contribution in [2.45, 2.75) is 289 Å². The number of aliphatic hydroxyl groups is 17. The lowest BCUT2D eigenvalue weighted by Crippen LogP contribution is -2.70. The van der Waals surface area contributed by atoms with Crippen LogP contribution in [0.15, 0.2) is 11.8 Å². The number of ether oxygens (including phenoxy) is 14. The fourth-order valence-electron chi connectivity index (χ4n) is 12.8. The molecule has 48 heteroatoms. The zero-order chi connectivity index (χ0) is 82.4. The van der Waals surface area contributed by atoms with E-state index in [0.29, 0.717) is 0 Å². The molecule has 7 fully saturated rings. The van der Waals surface area contributed by atoms with Gasteiger partial charge in [0.1, 0.15) is 152 Å². The monoisotopic (exact) mass is 1590 g/mol. The summed E-state index contributed by atoms with van der Waals surface area (Å²) in [5.41, 5.74) is 0. The minimum absolute atomic E-state index is 0. The topological polar surface area (TPSA) is 739 Å². The van der Waals surface area contributed by atoms with Crippen LogP contribution >= 0.6 is 0 Å². The normalized spacial score (nSPS) is 43.5. The lowest BCUT2D eigenvalue weighted by Gasteiger charge is -2.50. The molecular formula is C61H101BN4O43. The van der Waals surface area contributed by atoms with Gasteiger partial charge in [0.2, 0.25) is 35.7 Å². The van der Waals surface area contributed by atoms with Gasteiger partial charge in [0.15, 0.2) is 43.5 Å². The summed E-state index contributed by atoms with van der Waals surface area (Å²) in [6.45, 7) is 6.07. The average Bonchev–Trinajstić information content (AvgIpc) is 0.766. The number of carbonyl (C=O) groups is 8. The van der Waals surface area contributed by atoms with Crippen molar-refractivity contribution in [2.75, 3.05) is 33.5 Å². The first kappa shape index (κ1) is 93.8. The fourth-order valence-corrected chi connectivity index (χ4v) is 12.8. The molecule has 8 rings (SSSR count). The van der Waals surface area contributed by atoms with Crippen molar-refractivity contribution in [3.63, 3.8) is 0 Å². The smallest absolute Gasteiger partial charge is 0.371 e. The van der Waals surface area contributed by atoms with Gasteiger partial charge in [0.25, 0.3) is 0 Å². The lowest BCUT2D eigenvalue weighted by molar-refractivity contribution is -0.366. The van der Waals surface area contributed by atoms with E-state index >= 15 is 0 Å². The van der Waals surface area contributed by atoms with E-state index in [1.165, 1.54) is 20.8 Å². The molecule has 0 aromatic rings. The number of aliphatic carboxylic acids is 4. The molecule has 109 heavy (non-hydrogen) atoms. The summed E-state index contributed by atoms with van der Waals surface area (Å²) in [6, 6.07) is -5.08. The van der Waals surface area contributed by atoms with Crippen molar-refractivity contribution < 1.29 is 212 Å². The van der Waals surface area contributed by atoms with Crippen molar-refractivity contribution in [1.29, 1.82) is 1.34 Å². The molecule has 0 spiro atoms. The molecule has 0 bridgehead atoms. The number of aliphatic hydroxyl groups excluding tert-OH is 17. The number of methoxy groups -OCH3 is 1. The first-order valence-electron chi connectivity index (χ1n) is 33.7. The molecule has 7 saturated heterocycles. The van der Waals surface area contributed by atoms with Crippen LogP contribution in [-0.2, 0) is 105 Å². The molecule has 0 aromatic heterocycles. The van der Waals surface area contributed by atoms with Crippen molar-refractivity contribution in [1.82, 2.24) is 21.3 Å². The van der Waals surface area contributed by atoms with Gasteiger partial charge in [-0.1, -0.05) is 7.43 Å². The summed E-state index contributed by atoms with van der Waals surface area (Å²) in [5, 5.41) is 222. The van der Waals surface area contributed by atoms with Gasteiger partial charge >= 0.3 is 23.9 Å². The summed E-state index contributed by atoms with van der Waals surface area (Å²) in [5.74, 6) is -9.47. The highest BCUT2D eigenvalue weighted by Crippen LogP contribution is 2.37. The molecule has 8 aliphatic rings. The molecule has 0 saturated carbocycles. The van der Waals surface area contributed by atoms with Crippen molar-refractivity contribution >= 4 is 55.9 Å². The van der Waals surface area contributed by atoms with E-state index in [0.717, 1.165) is 34.0 Å². The van der Waals surface area contributed by atoms with E-state index in [-0.39, 0.29) is 7.43 Å².